The second-order valence-electron chi connectivity index (χ2n) is 12.5. The summed E-state index contributed by atoms with van der Waals surface area (Å²) in [7, 11) is 0. The summed E-state index contributed by atoms with van der Waals surface area (Å²) in [5.74, 6) is 0.869. The topological polar surface area (TPSA) is 101 Å². The molecular formula is C35H38ClFN4O6. The first kappa shape index (κ1) is 31.7. The van der Waals surface area contributed by atoms with Gasteiger partial charge < -0.3 is 27.9 Å². The molecule has 3 aliphatic rings. The minimum atomic E-state index is -1.29. The number of likely N-dealkylation sites (tertiary alicyclic amines) is 1. The molecule has 0 bridgehead atoms. The van der Waals surface area contributed by atoms with Crippen molar-refractivity contribution in [3.8, 4) is 23.1 Å². The molecule has 0 N–H and O–H groups in total. The van der Waals surface area contributed by atoms with E-state index >= 15 is 0 Å². The molecule has 0 amide bonds. The third-order valence-corrected chi connectivity index (χ3v) is 9.61. The van der Waals surface area contributed by atoms with Crippen LogP contribution in [0.2, 0.25) is 5.02 Å². The molecule has 248 valence electrons. The zero-order valence-electron chi connectivity index (χ0n) is 27.0. The standard InChI is InChI=1S/C35H38ClFN4O6/c1-5-43-34(42)31-21(3)45-33(39-31)30-20(2)41(18-24-13-16-44-24)29(38-30)19-40-14-11-22(12-15-40)25-7-6-8-28-32(25)47-35(4,46-28)26-10-9-23(36)17-27(26)37/h6-10,17,22,24H,5,11-16,18-19H2,1-4H3/t24-,35-/m0/s1. The Morgan fingerprint density at radius 3 is 2.62 bits per heavy atom. The van der Waals surface area contributed by atoms with Gasteiger partial charge in [-0.3, -0.25) is 4.90 Å². The van der Waals surface area contributed by atoms with Crippen molar-refractivity contribution in [2.45, 2.75) is 77.9 Å². The van der Waals surface area contributed by atoms with Crippen molar-refractivity contribution >= 4 is 17.6 Å². The molecule has 0 unspecified atom stereocenters. The Labute approximate surface area is 277 Å². The van der Waals surface area contributed by atoms with E-state index in [1.54, 1.807) is 32.9 Å². The fraction of sp³-hybridized carbons (Fsp3) is 0.457. The number of hydrogen-bond donors (Lipinski definition) is 0. The molecule has 2 aromatic heterocycles. The van der Waals surface area contributed by atoms with Crippen LogP contribution in [-0.4, -0.2) is 57.8 Å². The van der Waals surface area contributed by atoms with Gasteiger partial charge in [-0.25, -0.2) is 19.2 Å². The summed E-state index contributed by atoms with van der Waals surface area (Å²) in [5.41, 5.74) is 3.07. The Hall–Kier alpha value is -3.93. The highest BCUT2D eigenvalue weighted by molar-refractivity contribution is 6.30. The van der Waals surface area contributed by atoms with Crippen molar-refractivity contribution in [3.63, 3.8) is 0 Å². The van der Waals surface area contributed by atoms with Gasteiger partial charge in [0, 0.05) is 29.8 Å². The molecule has 10 nitrogen and oxygen atoms in total. The smallest absolute Gasteiger partial charge is 0.360 e. The lowest BCUT2D eigenvalue weighted by Gasteiger charge is -2.33. The molecule has 0 aliphatic carbocycles. The summed E-state index contributed by atoms with van der Waals surface area (Å²) in [6, 6.07) is 10.4. The number of nitrogens with zero attached hydrogens (tertiary/aromatic N) is 4. The van der Waals surface area contributed by atoms with Crippen LogP contribution < -0.4 is 9.47 Å². The molecule has 12 heteroatoms. The Morgan fingerprint density at radius 1 is 1.13 bits per heavy atom. The van der Waals surface area contributed by atoms with Gasteiger partial charge in [-0.2, -0.15) is 0 Å². The number of carbonyl (C=O) groups is 1. The Kier molecular flexibility index (Phi) is 8.48. The van der Waals surface area contributed by atoms with Gasteiger partial charge in [0.05, 0.1) is 31.4 Å². The van der Waals surface area contributed by atoms with Crippen LogP contribution in [0.3, 0.4) is 0 Å². The van der Waals surface area contributed by atoms with Gasteiger partial charge in [0.1, 0.15) is 23.1 Å². The molecule has 2 atom stereocenters. The summed E-state index contributed by atoms with van der Waals surface area (Å²) < 4.78 is 46.5. The van der Waals surface area contributed by atoms with Crippen LogP contribution >= 0.6 is 11.6 Å². The van der Waals surface area contributed by atoms with E-state index in [0.717, 1.165) is 56.0 Å². The number of carbonyl (C=O) groups excluding carboxylic acids is 1. The minimum absolute atomic E-state index is 0.135. The predicted octanol–water partition coefficient (Wildman–Crippen LogP) is 6.94. The first-order valence-corrected chi connectivity index (χ1v) is 16.5. The van der Waals surface area contributed by atoms with E-state index in [1.165, 1.54) is 6.07 Å². The average molecular weight is 665 g/mol. The molecule has 47 heavy (non-hydrogen) atoms. The van der Waals surface area contributed by atoms with E-state index < -0.39 is 17.6 Å². The number of aryl methyl sites for hydroxylation is 1. The third-order valence-electron chi connectivity index (χ3n) is 9.37. The number of esters is 1. The largest absolute Gasteiger partial charge is 0.461 e. The minimum Gasteiger partial charge on any atom is -0.461 e. The maximum absolute atomic E-state index is 14.9. The van der Waals surface area contributed by atoms with E-state index in [1.807, 2.05) is 19.1 Å². The molecule has 2 saturated heterocycles. The van der Waals surface area contributed by atoms with Crippen LogP contribution in [0, 0.1) is 19.7 Å². The lowest BCUT2D eigenvalue weighted by molar-refractivity contribution is -0.0712. The Morgan fingerprint density at radius 2 is 1.91 bits per heavy atom. The van der Waals surface area contributed by atoms with E-state index in [9.17, 15) is 9.18 Å². The molecule has 4 aromatic rings. The van der Waals surface area contributed by atoms with Gasteiger partial charge in [-0.1, -0.05) is 23.7 Å². The number of imidazole rings is 1. The maximum Gasteiger partial charge on any atom is 0.360 e. The summed E-state index contributed by atoms with van der Waals surface area (Å²) in [4.78, 5) is 24.3. The van der Waals surface area contributed by atoms with Crippen molar-refractivity contribution in [3.05, 3.63) is 81.3 Å². The SMILES string of the molecule is CCOC(=O)c1nc(-c2nc(CN3CCC(c4cccc5c4O[C@@](C)(c4ccc(Cl)cc4F)O5)CC3)n(C[C@@H]3CCO3)c2C)oc1C. The van der Waals surface area contributed by atoms with Gasteiger partial charge in [-0.05, 0) is 83.3 Å². The van der Waals surface area contributed by atoms with Crippen molar-refractivity contribution in [1.29, 1.82) is 0 Å². The van der Waals surface area contributed by atoms with Crippen LogP contribution in [0.5, 0.6) is 11.5 Å². The molecule has 2 fully saturated rings. The number of benzene rings is 2. The highest BCUT2D eigenvalue weighted by atomic mass is 35.5. The summed E-state index contributed by atoms with van der Waals surface area (Å²) >= 11 is 5.99. The average Bonchev–Trinajstić information content (AvgIpc) is 3.67. The summed E-state index contributed by atoms with van der Waals surface area (Å²) in [6.45, 7) is 11.3. The quantitative estimate of drug-likeness (QED) is 0.176. The number of hydrogen-bond acceptors (Lipinski definition) is 9. The molecule has 0 saturated carbocycles. The number of fused-ring (bicyclic) bond motifs is 1. The number of rotatable bonds is 9. The van der Waals surface area contributed by atoms with Crippen LogP contribution in [0.25, 0.3) is 11.6 Å². The van der Waals surface area contributed by atoms with Crippen LogP contribution in [-0.2, 0) is 28.4 Å². The highest BCUT2D eigenvalue weighted by Gasteiger charge is 2.43. The summed E-state index contributed by atoms with van der Waals surface area (Å²) in [5, 5.41) is 0.318. The fourth-order valence-corrected chi connectivity index (χ4v) is 6.87. The predicted molar refractivity (Wildman–Crippen MR) is 171 cm³/mol. The molecule has 7 rings (SSSR count). The number of aromatic nitrogens is 3. The maximum atomic E-state index is 14.9. The zero-order valence-corrected chi connectivity index (χ0v) is 27.7. The lowest BCUT2D eigenvalue weighted by atomic mass is 9.88. The van der Waals surface area contributed by atoms with Crippen LogP contribution in [0.4, 0.5) is 4.39 Å². The normalized spacial score (nSPS) is 21.2. The van der Waals surface area contributed by atoms with Crippen molar-refractivity contribution < 1.29 is 32.5 Å². The van der Waals surface area contributed by atoms with E-state index in [2.05, 4.69) is 20.5 Å². The second-order valence-corrected chi connectivity index (χ2v) is 12.9. The third kappa shape index (κ3) is 6.00. The van der Waals surface area contributed by atoms with E-state index in [0.29, 0.717) is 52.5 Å². The molecule has 3 aliphatic heterocycles. The van der Waals surface area contributed by atoms with Crippen molar-refractivity contribution in [2.75, 3.05) is 26.3 Å². The number of oxazole rings is 1. The van der Waals surface area contributed by atoms with Crippen molar-refractivity contribution in [1.82, 2.24) is 19.4 Å². The number of halogens is 2. The molecule has 5 heterocycles. The lowest BCUT2D eigenvalue weighted by Crippen LogP contribution is -2.35. The van der Waals surface area contributed by atoms with E-state index in [4.69, 9.17) is 39.9 Å². The van der Waals surface area contributed by atoms with Crippen molar-refractivity contribution in [2.24, 2.45) is 0 Å². The van der Waals surface area contributed by atoms with Gasteiger partial charge in [0.25, 0.3) is 5.79 Å². The first-order valence-electron chi connectivity index (χ1n) is 16.1. The first-order chi connectivity index (χ1) is 22.6. The fourth-order valence-electron chi connectivity index (χ4n) is 6.72. The Balaban J connectivity index is 1.08. The monoisotopic (exact) mass is 664 g/mol. The van der Waals surface area contributed by atoms with Gasteiger partial charge in [0.2, 0.25) is 5.89 Å². The number of piperidine rings is 1. The molecule has 0 radical (unpaired) electrons. The second kappa shape index (κ2) is 12.6. The zero-order chi connectivity index (χ0) is 32.9. The van der Waals surface area contributed by atoms with Gasteiger partial charge >= 0.3 is 5.97 Å². The Bertz CT molecular complexity index is 1810. The van der Waals surface area contributed by atoms with Crippen LogP contribution in [0.15, 0.2) is 40.8 Å². The molecular weight excluding hydrogens is 627 g/mol. The van der Waals surface area contributed by atoms with Gasteiger partial charge in [-0.15, -0.1) is 0 Å². The number of para-hydroxylation sites is 1. The highest BCUT2D eigenvalue weighted by Crippen LogP contribution is 2.50. The number of ether oxygens (including phenoxy) is 4. The molecule has 0 spiro atoms. The van der Waals surface area contributed by atoms with E-state index in [-0.39, 0.29) is 24.3 Å². The van der Waals surface area contributed by atoms with Crippen LogP contribution in [0.1, 0.15) is 77.9 Å². The van der Waals surface area contributed by atoms with Gasteiger partial charge in [0.15, 0.2) is 17.2 Å². The summed E-state index contributed by atoms with van der Waals surface area (Å²) in [6.07, 6.45) is 2.95. The molecule has 2 aromatic carbocycles.